The van der Waals surface area contributed by atoms with E-state index in [1.54, 1.807) is 31.4 Å². The van der Waals surface area contributed by atoms with Crippen LogP contribution < -0.4 is 10.1 Å². The quantitative estimate of drug-likeness (QED) is 0.869. The first kappa shape index (κ1) is 14.9. The maximum Gasteiger partial charge on any atom is 0.255 e. The van der Waals surface area contributed by atoms with Crippen LogP contribution in [0.1, 0.15) is 15.9 Å². The number of nitrogens with one attached hydrogen (secondary N) is 1. The second-order valence-corrected chi connectivity index (χ2v) is 5.53. The van der Waals surface area contributed by atoms with Crippen LogP contribution in [0.2, 0.25) is 5.02 Å². The Labute approximate surface area is 131 Å². The van der Waals surface area contributed by atoms with E-state index in [2.05, 4.69) is 21.2 Å². The molecule has 0 unspecified atom stereocenters. The highest BCUT2D eigenvalue weighted by molar-refractivity contribution is 9.10. The van der Waals surface area contributed by atoms with Gasteiger partial charge in [0.15, 0.2) is 0 Å². The molecule has 104 valence electrons. The van der Waals surface area contributed by atoms with E-state index < -0.39 is 0 Å². The summed E-state index contributed by atoms with van der Waals surface area (Å²) in [6, 6.07) is 10.5. The summed E-state index contributed by atoms with van der Waals surface area (Å²) < 4.78 is 5.83. The third kappa shape index (κ3) is 3.32. The summed E-state index contributed by atoms with van der Waals surface area (Å²) in [6.45, 7) is 1.91. The van der Waals surface area contributed by atoms with Crippen molar-refractivity contribution in [2.45, 2.75) is 6.92 Å². The van der Waals surface area contributed by atoms with E-state index in [-0.39, 0.29) is 5.91 Å². The first-order valence-electron chi connectivity index (χ1n) is 5.92. The predicted octanol–water partition coefficient (Wildman–Crippen LogP) is 4.67. The summed E-state index contributed by atoms with van der Waals surface area (Å²) in [4.78, 5) is 12.2. The second-order valence-electron chi connectivity index (χ2n) is 4.26. The Bertz CT molecular complexity index is 658. The lowest BCUT2D eigenvalue weighted by molar-refractivity contribution is 0.102. The molecule has 2 aromatic carbocycles. The number of hydrogen-bond acceptors (Lipinski definition) is 2. The van der Waals surface area contributed by atoms with Crippen molar-refractivity contribution in [2.75, 3.05) is 12.4 Å². The van der Waals surface area contributed by atoms with Gasteiger partial charge in [0.2, 0.25) is 0 Å². The molecule has 3 nitrogen and oxygen atoms in total. The molecule has 1 amide bonds. The van der Waals surface area contributed by atoms with Crippen LogP contribution in [0.25, 0.3) is 0 Å². The number of carbonyl (C=O) groups is 1. The summed E-state index contributed by atoms with van der Waals surface area (Å²) in [5.74, 6) is 0.574. The lowest BCUT2D eigenvalue weighted by Crippen LogP contribution is -2.12. The Morgan fingerprint density at radius 3 is 2.60 bits per heavy atom. The molecule has 1 N–H and O–H groups in total. The minimum absolute atomic E-state index is 0.185. The topological polar surface area (TPSA) is 38.3 Å². The van der Waals surface area contributed by atoms with Gasteiger partial charge in [0.1, 0.15) is 5.75 Å². The zero-order valence-corrected chi connectivity index (χ0v) is 13.4. The van der Waals surface area contributed by atoms with Crippen LogP contribution in [0.5, 0.6) is 5.75 Å². The molecular formula is C15H13BrClNO2. The highest BCUT2D eigenvalue weighted by Crippen LogP contribution is 2.25. The van der Waals surface area contributed by atoms with Gasteiger partial charge in [-0.15, -0.1) is 0 Å². The Morgan fingerprint density at radius 1 is 1.25 bits per heavy atom. The number of aryl methyl sites for hydroxylation is 1. The summed E-state index contributed by atoms with van der Waals surface area (Å²) >= 11 is 9.22. The fraction of sp³-hybridized carbons (Fsp3) is 0.133. The van der Waals surface area contributed by atoms with E-state index in [4.69, 9.17) is 16.3 Å². The summed E-state index contributed by atoms with van der Waals surface area (Å²) in [5, 5.41) is 3.44. The van der Waals surface area contributed by atoms with E-state index >= 15 is 0 Å². The van der Waals surface area contributed by atoms with Crippen molar-refractivity contribution in [3.63, 3.8) is 0 Å². The number of rotatable bonds is 3. The number of methoxy groups -OCH3 is 1. The fourth-order valence-electron chi connectivity index (χ4n) is 1.74. The third-order valence-electron chi connectivity index (χ3n) is 2.86. The highest BCUT2D eigenvalue weighted by Gasteiger charge is 2.10. The van der Waals surface area contributed by atoms with Gasteiger partial charge in [-0.05, 0) is 64.8 Å². The molecule has 0 fully saturated rings. The van der Waals surface area contributed by atoms with Gasteiger partial charge in [-0.1, -0.05) is 11.6 Å². The molecule has 0 atom stereocenters. The number of carbonyl (C=O) groups excluding carboxylic acids is 1. The van der Waals surface area contributed by atoms with Crippen LogP contribution >= 0.6 is 27.5 Å². The average molecular weight is 355 g/mol. The molecule has 0 radical (unpaired) electrons. The Morgan fingerprint density at radius 2 is 2.00 bits per heavy atom. The van der Waals surface area contributed by atoms with Crippen molar-refractivity contribution < 1.29 is 9.53 Å². The minimum atomic E-state index is -0.185. The maximum atomic E-state index is 12.2. The van der Waals surface area contributed by atoms with E-state index in [1.807, 2.05) is 19.1 Å². The molecule has 5 heteroatoms. The molecule has 0 aliphatic rings. The zero-order valence-electron chi connectivity index (χ0n) is 11.0. The van der Waals surface area contributed by atoms with Gasteiger partial charge in [0, 0.05) is 15.7 Å². The summed E-state index contributed by atoms with van der Waals surface area (Å²) in [6.07, 6.45) is 0. The molecule has 2 aromatic rings. The molecule has 2 rings (SSSR count). The molecule has 20 heavy (non-hydrogen) atoms. The molecule has 0 aliphatic carbocycles. The van der Waals surface area contributed by atoms with E-state index in [0.29, 0.717) is 15.1 Å². The van der Waals surface area contributed by atoms with E-state index in [0.717, 1.165) is 17.0 Å². The van der Waals surface area contributed by atoms with Crippen molar-refractivity contribution in [2.24, 2.45) is 0 Å². The third-order valence-corrected chi connectivity index (χ3v) is 4.08. The first-order chi connectivity index (χ1) is 9.51. The molecule has 0 spiro atoms. The van der Waals surface area contributed by atoms with Gasteiger partial charge in [-0.3, -0.25) is 4.79 Å². The van der Waals surface area contributed by atoms with Gasteiger partial charge in [-0.25, -0.2) is 0 Å². The van der Waals surface area contributed by atoms with Crippen LogP contribution in [0.4, 0.5) is 5.69 Å². The Kier molecular flexibility index (Phi) is 4.68. The van der Waals surface area contributed by atoms with Crippen LogP contribution in [-0.4, -0.2) is 13.0 Å². The standard InChI is InChI=1S/C15H13BrClNO2/c1-9-7-11(20-2)4-6-14(9)18-15(19)10-3-5-13(17)12(16)8-10/h3-8H,1-2H3,(H,18,19). The second kappa shape index (κ2) is 6.29. The Hall–Kier alpha value is -1.52. The van der Waals surface area contributed by atoms with Crippen molar-refractivity contribution >= 4 is 39.1 Å². The Balaban J connectivity index is 2.21. The summed E-state index contributed by atoms with van der Waals surface area (Å²) in [5.41, 5.74) is 2.23. The number of benzene rings is 2. The number of amides is 1. The molecule has 0 bridgehead atoms. The van der Waals surface area contributed by atoms with Crippen molar-refractivity contribution in [3.05, 3.63) is 57.0 Å². The fourth-order valence-corrected chi connectivity index (χ4v) is 2.23. The molecule has 0 saturated carbocycles. The average Bonchev–Trinajstić information content (AvgIpc) is 2.43. The van der Waals surface area contributed by atoms with Gasteiger partial charge < -0.3 is 10.1 Å². The number of anilines is 1. The number of ether oxygens (including phenoxy) is 1. The van der Waals surface area contributed by atoms with Gasteiger partial charge in [0.05, 0.1) is 12.1 Å². The molecule has 0 aliphatic heterocycles. The number of hydrogen-bond donors (Lipinski definition) is 1. The van der Waals surface area contributed by atoms with Gasteiger partial charge >= 0.3 is 0 Å². The largest absolute Gasteiger partial charge is 0.497 e. The van der Waals surface area contributed by atoms with E-state index in [1.165, 1.54) is 0 Å². The van der Waals surface area contributed by atoms with Crippen LogP contribution in [0.3, 0.4) is 0 Å². The van der Waals surface area contributed by atoms with Crippen LogP contribution in [0, 0.1) is 6.92 Å². The predicted molar refractivity (Wildman–Crippen MR) is 84.8 cm³/mol. The first-order valence-corrected chi connectivity index (χ1v) is 7.09. The monoisotopic (exact) mass is 353 g/mol. The van der Waals surface area contributed by atoms with Crippen LogP contribution in [0.15, 0.2) is 40.9 Å². The highest BCUT2D eigenvalue weighted by atomic mass is 79.9. The number of halogens is 2. The van der Waals surface area contributed by atoms with Crippen molar-refractivity contribution in [1.29, 1.82) is 0 Å². The molecular weight excluding hydrogens is 342 g/mol. The molecule has 0 heterocycles. The SMILES string of the molecule is COc1ccc(NC(=O)c2ccc(Cl)c(Br)c2)c(C)c1. The van der Waals surface area contributed by atoms with Crippen molar-refractivity contribution in [1.82, 2.24) is 0 Å². The van der Waals surface area contributed by atoms with Crippen LogP contribution in [-0.2, 0) is 0 Å². The van der Waals surface area contributed by atoms with Gasteiger partial charge in [0.25, 0.3) is 5.91 Å². The lowest BCUT2D eigenvalue weighted by atomic mass is 10.1. The molecule has 0 aromatic heterocycles. The zero-order chi connectivity index (χ0) is 14.7. The normalized spacial score (nSPS) is 10.2. The molecule has 0 saturated heterocycles. The minimum Gasteiger partial charge on any atom is -0.497 e. The summed E-state index contributed by atoms with van der Waals surface area (Å²) in [7, 11) is 1.61. The lowest BCUT2D eigenvalue weighted by Gasteiger charge is -2.10. The van der Waals surface area contributed by atoms with E-state index in [9.17, 15) is 4.79 Å². The van der Waals surface area contributed by atoms with Crippen molar-refractivity contribution in [3.8, 4) is 5.75 Å². The van der Waals surface area contributed by atoms with Gasteiger partial charge in [-0.2, -0.15) is 0 Å². The smallest absolute Gasteiger partial charge is 0.255 e. The maximum absolute atomic E-state index is 12.2.